The molecule has 36 heavy (non-hydrogen) atoms. The third-order valence-electron chi connectivity index (χ3n) is 8.43. The molecule has 4 heteroatoms. The van der Waals surface area contributed by atoms with E-state index in [9.17, 15) is 19.8 Å². The maximum atomic E-state index is 12.4. The molecule has 0 heterocycles. The summed E-state index contributed by atoms with van der Waals surface area (Å²) in [5.74, 6) is -0.0825. The van der Waals surface area contributed by atoms with E-state index in [0.717, 1.165) is 49.7 Å². The van der Waals surface area contributed by atoms with E-state index >= 15 is 0 Å². The summed E-state index contributed by atoms with van der Waals surface area (Å²) in [6, 6.07) is 3.45. The lowest BCUT2D eigenvalue weighted by Crippen LogP contribution is -2.20. The Kier molecular flexibility index (Phi) is 15.7. The Labute approximate surface area is 221 Å². The van der Waals surface area contributed by atoms with Crippen molar-refractivity contribution in [2.45, 2.75) is 131 Å². The first-order valence-corrected chi connectivity index (χ1v) is 14.9. The van der Waals surface area contributed by atoms with Crippen molar-refractivity contribution in [2.24, 2.45) is 23.7 Å². The number of benzene rings is 1. The summed E-state index contributed by atoms with van der Waals surface area (Å²) in [5, 5.41) is 20.0. The molecule has 0 aromatic heterocycles. The summed E-state index contributed by atoms with van der Waals surface area (Å²) in [6.45, 7) is 13.4. The summed E-state index contributed by atoms with van der Waals surface area (Å²) in [4.78, 5) is 24.4. The molecule has 0 fully saturated rings. The van der Waals surface area contributed by atoms with E-state index in [4.69, 9.17) is 0 Å². The minimum Gasteiger partial charge on any atom is -0.478 e. The van der Waals surface area contributed by atoms with Crippen LogP contribution in [0.25, 0.3) is 0 Å². The van der Waals surface area contributed by atoms with Crippen molar-refractivity contribution >= 4 is 11.9 Å². The molecule has 1 rings (SSSR count). The molecule has 0 aliphatic carbocycles. The monoisotopic (exact) mass is 502 g/mol. The fraction of sp³-hybridized carbons (Fsp3) is 0.750. The van der Waals surface area contributed by atoms with Crippen LogP contribution in [0.4, 0.5) is 0 Å². The topological polar surface area (TPSA) is 74.6 Å². The summed E-state index contributed by atoms with van der Waals surface area (Å²) >= 11 is 0. The molecule has 0 spiro atoms. The second-order valence-corrected chi connectivity index (χ2v) is 11.0. The minimum absolute atomic E-state index is 0.0212. The maximum absolute atomic E-state index is 12.4. The molecule has 2 N–H and O–H groups in total. The van der Waals surface area contributed by atoms with Crippen LogP contribution in [0.15, 0.2) is 12.1 Å². The zero-order chi connectivity index (χ0) is 27.1. The van der Waals surface area contributed by atoms with Crippen molar-refractivity contribution in [1.82, 2.24) is 0 Å². The van der Waals surface area contributed by atoms with Gasteiger partial charge in [-0.15, -0.1) is 0 Å². The van der Waals surface area contributed by atoms with Crippen molar-refractivity contribution in [3.05, 3.63) is 34.4 Å². The van der Waals surface area contributed by atoms with Crippen molar-refractivity contribution < 1.29 is 19.8 Å². The summed E-state index contributed by atoms with van der Waals surface area (Å²) in [6.07, 6.45) is 15.4. The molecule has 4 atom stereocenters. The van der Waals surface area contributed by atoms with Gasteiger partial charge in [-0.3, -0.25) is 0 Å². The van der Waals surface area contributed by atoms with Gasteiger partial charge in [0.15, 0.2) is 0 Å². The summed E-state index contributed by atoms with van der Waals surface area (Å²) < 4.78 is 0. The van der Waals surface area contributed by atoms with Crippen LogP contribution in [0.5, 0.6) is 0 Å². The van der Waals surface area contributed by atoms with Gasteiger partial charge in [0.25, 0.3) is 0 Å². The predicted octanol–water partition coefficient (Wildman–Crippen LogP) is 9.43. The molecular weight excluding hydrogens is 448 g/mol. The number of hydrogen-bond donors (Lipinski definition) is 2. The molecule has 1 aromatic rings. The van der Waals surface area contributed by atoms with Gasteiger partial charge in [0.05, 0.1) is 11.1 Å². The zero-order valence-electron chi connectivity index (χ0n) is 24.1. The van der Waals surface area contributed by atoms with Crippen molar-refractivity contribution in [3.8, 4) is 0 Å². The lowest BCUT2D eigenvalue weighted by atomic mass is 9.78. The molecule has 0 saturated carbocycles. The average molecular weight is 503 g/mol. The molecule has 0 saturated heterocycles. The van der Waals surface area contributed by atoms with E-state index in [1.807, 2.05) is 6.07 Å². The SMILES string of the molecule is CCCCC(CC)CC(CC)Cc1ccc(C(=O)O)c(C(=O)O)c1CC(CC)CC(CC)CCCC. The van der Waals surface area contributed by atoms with Crippen molar-refractivity contribution in [3.63, 3.8) is 0 Å². The first-order valence-electron chi connectivity index (χ1n) is 14.9. The summed E-state index contributed by atoms with van der Waals surface area (Å²) in [7, 11) is 0. The molecule has 0 bridgehead atoms. The van der Waals surface area contributed by atoms with E-state index in [0.29, 0.717) is 30.1 Å². The Morgan fingerprint density at radius 1 is 0.667 bits per heavy atom. The molecule has 0 aliphatic heterocycles. The second kappa shape index (κ2) is 17.6. The van der Waals surface area contributed by atoms with Crippen LogP contribution in [0.2, 0.25) is 0 Å². The van der Waals surface area contributed by atoms with Gasteiger partial charge in [-0.25, -0.2) is 9.59 Å². The number of carboxylic acids is 2. The van der Waals surface area contributed by atoms with Gasteiger partial charge >= 0.3 is 11.9 Å². The fourth-order valence-electron chi connectivity index (χ4n) is 5.83. The first kappa shape index (κ1) is 32.2. The van der Waals surface area contributed by atoms with Gasteiger partial charge in [0, 0.05) is 0 Å². The highest BCUT2D eigenvalue weighted by atomic mass is 16.4. The van der Waals surface area contributed by atoms with Gasteiger partial charge in [0.2, 0.25) is 0 Å². The van der Waals surface area contributed by atoms with E-state index in [1.54, 1.807) is 0 Å². The molecule has 206 valence electrons. The molecule has 4 nitrogen and oxygen atoms in total. The number of carboxylic acid groups (broad SMARTS) is 2. The summed E-state index contributed by atoms with van der Waals surface area (Å²) in [5.41, 5.74) is 1.78. The zero-order valence-corrected chi connectivity index (χ0v) is 24.1. The van der Waals surface area contributed by atoms with E-state index in [2.05, 4.69) is 41.5 Å². The van der Waals surface area contributed by atoms with Gasteiger partial charge < -0.3 is 10.2 Å². The maximum Gasteiger partial charge on any atom is 0.336 e. The number of aromatic carboxylic acids is 2. The molecular formula is C32H54O4. The third kappa shape index (κ3) is 10.3. The average Bonchev–Trinajstić information content (AvgIpc) is 2.87. The fourth-order valence-corrected chi connectivity index (χ4v) is 5.83. The quantitative estimate of drug-likeness (QED) is 0.186. The molecule has 0 amide bonds. The van der Waals surface area contributed by atoms with Crippen LogP contribution >= 0.6 is 0 Å². The van der Waals surface area contributed by atoms with Crippen LogP contribution in [-0.2, 0) is 12.8 Å². The first-order chi connectivity index (χ1) is 17.3. The lowest BCUT2D eigenvalue weighted by molar-refractivity contribution is 0.0650. The van der Waals surface area contributed by atoms with Crippen LogP contribution in [0.3, 0.4) is 0 Å². The Morgan fingerprint density at radius 2 is 1.14 bits per heavy atom. The van der Waals surface area contributed by atoms with Crippen LogP contribution < -0.4 is 0 Å². The number of rotatable bonds is 20. The van der Waals surface area contributed by atoms with E-state index in [1.165, 1.54) is 51.0 Å². The highest BCUT2D eigenvalue weighted by Crippen LogP contribution is 2.33. The number of hydrogen-bond acceptors (Lipinski definition) is 2. The highest BCUT2D eigenvalue weighted by molar-refractivity contribution is 6.03. The largest absolute Gasteiger partial charge is 0.478 e. The molecule has 0 radical (unpaired) electrons. The van der Waals surface area contributed by atoms with Crippen molar-refractivity contribution in [1.29, 1.82) is 0 Å². The van der Waals surface area contributed by atoms with Crippen LogP contribution in [-0.4, -0.2) is 22.2 Å². The number of unbranched alkanes of at least 4 members (excludes halogenated alkanes) is 2. The van der Waals surface area contributed by atoms with Gasteiger partial charge in [-0.05, 0) is 66.5 Å². The van der Waals surface area contributed by atoms with Gasteiger partial charge in [-0.2, -0.15) is 0 Å². The standard InChI is InChI=1S/C32H54O4/c1-7-13-15-23(9-3)19-25(11-5)21-27-17-18-28(31(33)34)30(32(35)36)29(27)22-26(12-6)20-24(10-4)16-14-8-2/h17-18,23-26H,7-16,19-22H2,1-6H3,(H,33,34)(H,35,36). The van der Waals surface area contributed by atoms with Crippen LogP contribution in [0, 0.1) is 23.7 Å². The van der Waals surface area contributed by atoms with Gasteiger partial charge in [0.1, 0.15) is 0 Å². The smallest absolute Gasteiger partial charge is 0.336 e. The lowest BCUT2D eigenvalue weighted by Gasteiger charge is -2.26. The Morgan fingerprint density at radius 3 is 1.53 bits per heavy atom. The Hall–Kier alpha value is -1.84. The molecule has 1 aromatic carbocycles. The van der Waals surface area contributed by atoms with Crippen molar-refractivity contribution in [2.75, 3.05) is 0 Å². The molecule has 4 unspecified atom stereocenters. The van der Waals surface area contributed by atoms with Crippen LogP contribution in [0.1, 0.15) is 150 Å². The van der Waals surface area contributed by atoms with E-state index in [-0.39, 0.29) is 11.1 Å². The van der Waals surface area contributed by atoms with Gasteiger partial charge in [-0.1, -0.05) is 112 Å². The minimum atomic E-state index is -1.15. The van der Waals surface area contributed by atoms with E-state index < -0.39 is 11.9 Å². The normalized spacial score (nSPS) is 14.8. The highest BCUT2D eigenvalue weighted by Gasteiger charge is 2.27. The predicted molar refractivity (Wildman–Crippen MR) is 151 cm³/mol. The number of carbonyl (C=O) groups is 2. The Bertz CT molecular complexity index is 785. The Balaban J connectivity index is 3.37. The molecule has 0 aliphatic rings. The third-order valence-corrected chi connectivity index (χ3v) is 8.43. The second-order valence-electron chi connectivity index (χ2n) is 11.0.